The minimum Gasteiger partial charge on any atom is -0.360 e. The highest BCUT2D eigenvalue weighted by atomic mass is 35.7. The average Bonchev–Trinajstić information content (AvgIpc) is 2.82. The summed E-state index contributed by atoms with van der Waals surface area (Å²) in [6.07, 6.45) is 1.36. The van der Waals surface area contributed by atoms with E-state index in [0.717, 1.165) is 11.1 Å². The van der Waals surface area contributed by atoms with Crippen molar-refractivity contribution in [1.29, 1.82) is 0 Å². The van der Waals surface area contributed by atoms with Crippen LogP contribution in [0.15, 0.2) is 53.6 Å². The molecule has 102 valence electrons. The third kappa shape index (κ3) is 2.30. The van der Waals surface area contributed by atoms with E-state index in [0.29, 0.717) is 10.9 Å². The maximum atomic E-state index is 12.9. The van der Waals surface area contributed by atoms with Crippen molar-refractivity contribution >= 4 is 30.6 Å². The highest BCUT2D eigenvalue weighted by molar-refractivity contribution is 8.14. The molecule has 0 bridgehead atoms. The third-order valence-electron chi connectivity index (χ3n) is 3.08. The fourth-order valence-corrected chi connectivity index (χ4v) is 3.15. The van der Waals surface area contributed by atoms with Crippen LogP contribution in [-0.4, -0.2) is 13.4 Å². The Bertz CT molecular complexity index is 885. The number of fused-ring (bicyclic) bond motifs is 1. The molecule has 3 rings (SSSR count). The highest BCUT2D eigenvalue weighted by Crippen LogP contribution is 2.29. The largest absolute Gasteiger partial charge is 0.360 e. The van der Waals surface area contributed by atoms with E-state index in [1.54, 1.807) is 30.3 Å². The predicted molar refractivity (Wildman–Crippen MR) is 76.7 cm³/mol. The second kappa shape index (κ2) is 4.61. The van der Waals surface area contributed by atoms with Gasteiger partial charge in [0.15, 0.2) is 0 Å². The first kappa shape index (κ1) is 13.1. The lowest BCUT2D eigenvalue weighted by molar-refractivity contribution is 0.610. The van der Waals surface area contributed by atoms with Gasteiger partial charge in [-0.3, -0.25) is 0 Å². The molecule has 0 unspecified atom stereocenters. The molecule has 0 aliphatic carbocycles. The van der Waals surface area contributed by atoms with Crippen molar-refractivity contribution in [3.8, 4) is 11.1 Å². The summed E-state index contributed by atoms with van der Waals surface area (Å²) in [4.78, 5) is 2.93. The van der Waals surface area contributed by atoms with E-state index in [1.807, 2.05) is 0 Å². The topological polar surface area (TPSA) is 49.9 Å². The summed E-state index contributed by atoms with van der Waals surface area (Å²) in [5.74, 6) is -0.301. The lowest BCUT2D eigenvalue weighted by Gasteiger charge is -2.02. The predicted octanol–water partition coefficient (Wildman–Crippen LogP) is 3.90. The maximum Gasteiger partial charge on any atom is 0.263 e. The molecule has 3 nitrogen and oxygen atoms in total. The van der Waals surface area contributed by atoms with Gasteiger partial charge in [0.2, 0.25) is 0 Å². The Labute approximate surface area is 119 Å². The van der Waals surface area contributed by atoms with Gasteiger partial charge in [0.05, 0.1) is 0 Å². The van der Waals surface area contributed by atoms with Gasteiger partial charge in [-0.15, -0.1) is 0 Å². The van der Waals surface area contributed by atoms with Crippen LogP contribution in [0.2, 0.25) is 0 Å². The molecule has 1 N–H and O–H groups in total. The Morgan fingerprint density at radius 3 is 2.30 bits per heavy atom. The zero-order valence-electron chi connectivity index (χ0n) is 10.1. The van der Waals surface area contributed by atoms with Crippen molar-refractivity contribution < 1.29 is 12.8 Å². The first-order valence-electron chi connectivity index (χ1n) is 5.77. The minimum atomic E-state index is -3.78. The molecule has 1 heterocycles. The Balaban J connectivity index is 2.15. The second-order valence-corrected chi connectivity index (χ2v) is 6.89. The molecule has 0 aliphatic heterocycles. The third-order valence-corrected chi connectivity index (χ3v) is 4.45. The van der Waals surface area contributed by atoms with Gasteiger partial charge >= 0.3 is 0 Å². The van der Waals surface area contributed by atoms with E-state index in [2.05, 4.69) is 4.98 Å². The molecule has 1 aromatic heterocycles. The van der Waals surface area contributed by atoms with E-state index in [1.165, 1.54) is 18.3 Å². The summed E-state index contributed by atoms with van der Waals surface area (Å²) in [6, 6.07) is 11.3. The summed E-state index contributed by atoms with van der Waals surface area (Å²) in [6.45, 7) is 0. The van der Waals surface area contributed by atoms with Crippen LogP contribution in [0.5, 0.6) is 0 Å². The van der Waals surface area contributed by atoms with Crippen LogP contribution in [0.1, 0.15) is 0 Å². The molecule has 0 radical (unpaired) electrons. The van der Waals surface area contributed by atoms with Crippen LogP contribution in [0, 0.1) is 5.82 Å². The van der Waals surface area contributed by atoms with Gasteiger partial charge in [-0.1, -0.05) is 24.3 Å². The molecule has 0 saturated carbocycles. The molecule has 20 heavy (non-hydrogen) atoms. The molecule has 0 atom stereocenters. The van der Waals surface area contributed by atoms with Crippen LogP contribution in [-0.2, 0) is 9.05 Å². The first-order chi connectivity index (χ1) is 9.45. The lowest BCUT2D eigenvalue weighted by Crippen LogP contribution is -1.87. The zero-order chi connectivity index (χ0) is 14.3. The Kier molecular flexibility index (Phi) is 3.03. The summed E-state index contributed by atoms with van der Waals surface area (Å²) in [7, 11) is 1.59. The molecule has 0 spiro atoms. The summed E-state index contributed by atoms with van der Waals surface area (Å²) >= 11 is 0. The molecule has 0 amide bonds. The van der Waals surface area contributed by atoms with E-state index < -0.39 is 9.05 Å². The number of aromatic amines is 1. The lowest BCUT2D eigenvalue weighted by atomic mass is 10.0. The molecule has 2 aromatic carbocycles. The van der Waals surface area contributed by atoms with Gasteiger partial charge in [-0.05, 0) is 29.3 Å². The summed E-state index contributed by atoms with van der Waals surface area (Å²) in [5, 5.41) is 0.533. The van der Waals surface area contributed by atoms with Crippen LogP contribution in [0.3, 0.4) is 0 Å². The molecule has 6 heteroatoms. The number of hydrogen-bond donors (Lipinski definition) is 1. The van der Waals surface area contributed by atoms with Crippen molar-refractivity contribution in [2.24, 2.45) is 0 Å². The minimum absolute atomic E-state index is 0.0554. The van der Waals surface area contributed by atoms with Crippen molar-refractivity contribution in [3.05, 3.63) is 54.5 Å². The quantitative estimate of drug-likeness (QED) is 0.730. The van der Waals surface area contributed by atoms with Crippen molar-refractivity contribution in [2.45, 2.75) is 4.90 Å². The number of aromatic nitrogens is 1. The number of H-pyrrole nitrogens is 1. The number of rotatable bonds is 2. The Morgan fingerprint density at radius 1 is 1.00 bits per heavy atom. The Hall–Kier alpha value is -1.85. The SMILES string of the molecule is O=S(=O)(Cl)c1c[nH]c2cc(-c3ccc(F)cc3)ccc12. The highest BCUT2D eigenvalue weighted by Gasteiger charge is 2.16. The number of halogens is 2. The molecule has 0 fully saturated rings. The van der Waals surface area contributed by atoms with E-state index >= 15 is 0 Å². The van der Waals surface area contributed by atoms with E-state index in [4.69, 9.17) is 10.7 Å². The molecule has 0 saturated heterocycles. The molecular formula is C14H9ClFNO2S. The van der Waals surface area contributed by atoms with Crippen LogP contribution in [0.25, 0.3) is 22.0 Å². The van der Waals surface area contributed by atoms with Gasteiger partial charge in [0.1, 0.15) is 10.7 Å². The van der Waals surface area contributed by atoms with Crippen molar-refractivity contribution in [3.63, 3.8) is 0 Å². The molecular weight excluding hydrogens is 301 g/mol. The van der Waals surface area contributed by atoms with Crippen LogP contribution in [0.4, 0.5) is 4.39 Å². The maximum absolute atomic E-state index is 12.9. The summed E-state index contributed by atoms with van der Waals surface area (Å²) in [5.41, 5.74) is 2.36. The normalized spacial score (nSPS) is 11.9. The van der Waals surface area contributed by atoms with Gasteiger partial charge in [-0.2, -0.15) is 0 Å². The van der Waals surface area contributed by atoms with Gasteiger partial charge < -0.3 is 4.98 Å². The summed E-state index contributed by atoms with van der Waals surface area (Å²) < 4.78 is 35.7. The van der Waals surface area contributed by atoms with Gasteiger partial charge in [0, 0.05) is 27.8 Å². The standard InChI is InChI=1S/C14H9ClFNO2S/c15-20(18,19)14-8-17-13-7-10(3-6-12(13)14)9-1-4-11(16)5-2-9/h1-8,17H. The van der Waals surface area contributed by atoms with E-state index in [-0.39, 0.29) is 10.7 Å². The van der Waals surface area contributed by atoms with Gasteiger partial charge in [0.25, 0.3) is 9.05 Å². The van der Waals surface area contributed by atoms with Crippen molar-refractivity contribution in [1.82, 2.24) is 4.98 Å². The molecule has 3 aromatic rings. The fraction of sp³-hybridized carbons (Fsp3) is 0. The number of nitrogens with one attached hydrogen (secondary N) is 1. The first-order valence-corrected chi connectivity index (χ1v) is 8.08. The Morgan fingerprint density at radius 2 is 1.65 bits per heavy atom. The zero-order valence-corrected chi connectivity index (χ0v) is 11.7. The van der Waals surface area contributed by atoms with Crippen LogP contribution >= 0.6 is 10.7 Å². The van der Waals surface area contributed by atoms with Crippen LogP contribution < -0.4 is 0 Å². The number of hydrogen-bond acceptors (Lipinski definition) is 2. The second-order valence-electron chi connectivity index (χ2n) is 4.36. The number of benzene rings is 2. The fourth-order valence-electron chi connectivity index (χ4n) is 2.12. The van der Waals surface area contributed by atoms with Crippen molar-refractivity contribution in [2.75, 3.05) is 0 Å². The monoisotopic (exact) mass is 309 g/mol. The van der Waals surface area contributed by atoms with E-state index in [9.17, 15) is 12.8 Å². The molecule has 0 aliphatic rings. The average molecular weight is 310 g/mol. The smallest absolute Gasteiger partial charge is 0.263 e. The van der Waals surface area contributed by atoms with Gasteiger partial charge in [-0.25, -0.2) is 12.8 Å².